The molecule has 0 spiro atoms. The monoisotopic (exact) mass is 226 g/mol. The number of hydrogen-bond acceptors (Lipinski definition) is 2. The maximum Gasteiger partial charge on any atom is 0.228 e. The van der Waals surface area contributed by atoms with Gasteiger partial charge >= 0.3 is 0 Å². The van der Waals surface area contributed by atoms with Gasteiger partial charge in [-0.2, -0.15) is 0 Å². The van der Waals surface area contributed by atoms with Crippen LogP contribution in [0.5, 0.6) is 0 Å². The minimum Gasteiger partial charge on any atom is -0.341 e. The van der Waals surface area contributed by atoms with Gasteiger partial charge in [-0.15, -0.1) is 0 Å². The minimum atomic E-state index is -0.210. The fourth-order valence-electron chi connectivity index (χ4n) is 2.58. The van der Waals surface area contributed by atoms with Gasteiger partial charge in [-0.05, 0) is 25.3 Å². The molecular formula is C13H26N2O. The van der Waals surface area contributed by atoms with Crippen molar-refractivity contribution < 1.29 is 4.79 Å². The molecule has 0 aromatic heterocycles. The third-order valence-electron chi connectivity index (χ3n) is 3.12. The predicted octanol–water partition coefficient (Wildman–Crippen LogP) is 1.88. The quantitative estimate of drug-likeness (QED) is 0.797. The molecule has 1 amide bonds. The summed E-state index contributed by atoms with van der Waals surface area (Å²) < 4.78 is 0. The SMILES string of the molecule is CC(C)CC(C)(C)C(=O)N1CCCNCC1. The van der Waals surface area contributed by atoms with Crippen molar-refractivity contribution in [2.75, 3.05) is 26.2 Å². The molecule has 1 aliphatic rings. The van der Waals surface area contributed by atoms with Crippen molar-refractivity contribution in [3.63, 3.8) is 0 Å². The van der Waals surface area contributed by atoms with Gasteiger partial charge in [0.2, 0.25) is 5.91 Å². The topological polar surface area (TPSA) is 32.3 Å². The largest absolute Gasteiger partial charge is 0.341 e. The Balaban J connectivity index is 2.59. The summed E-state index contributed by atoms with van der Waals surface area (Å²) in [4.78, 5) is 14.4. The van der Waals surface area contributed by atoms with Crippen molar-refractivity contribution in [1.82, 2.24) is 10.2 Å². The Morgan fingerprint density at radius 3 is 2.62 bits per heavy atom. The molecule has 94 valence electrons. The molecule has 3 nitrogen and oxygen atoms in total. The van der Waals surface area contributed by atoms with Crippen LogP contribution in [0.15, 0.2) is 0 Å². The molecule has 0 unspecified atom stereocenters. The Bertz CT molecular complexity index is 228. The summed E-state index contributed by atoms with van der Waals surface area (Å²) in [5.41, 5.74) is -0.210. The first-order valence-electron chi connectivity index (χ1n) is 6.43. The van der Waals surface area contributed by atoms with E-state index < -0.39 is 0 Å². The maximum atomic E-state index is 12.4. The molecule has 0 radical (unpaired) electrons. The molecule has 16 heavy (non-hydrogen) atoms. The first kappa shape index (κ1) is 13.5. The van der Waals surface area contributed by atoms with E-state index in [2.05, 4.69) is 33.0 Å². The van der Waals surface area contributed by atoms with Crippen LogP contribution in [-0.4, -0.2) is 37.0 Å². The smallest absolute Gasteiger partial charge is 0.228 e. The summed E-state index contributed by atoms with van der Waals surface area (Å²) in [7, 11) is 0. The van der Waals surface area contributed by atoms with E-state index in [1.54, 1.807) is 0 Å². The van der Waals surface area contributed by atoms with Crippen molar-refractivity contribution in [3.05, 3.63) is 0 Å². The molecule has 1 N–H and O–H groups in total. The third-order valence-corrected chi connectivity index (χ3v) is 3.12. The van der Waals surface area contributed by atoms with Crippen molar-refractivity contribution >= 4 is 5.91 Å². The molecule has 1 heterocycles. The Labute approximate surface area is 99.6 Å². The normalized spacial score (nSPS) is 18.7. The molecule has 0 aliphatic carbocycles. The van der Waals surface area contributed by atoms with Crippen LogP contribution in [0.3, 0.4) is 0 Å². The first-order chi connectivity index (χ1) is 7.43. The number of rotatable bonds is 3. The zero-order valence-corrected chi connectivity index (χ0v) is 11.2. The second-order valence-corrected chi connectivity index (χ2v) is 5.88. The lowest BCUT2D eigenvalue weighted by Gasteiger charge is -2.32. The van der Waals surface area contributed by atoms with Crippen LogP contribution in [0.1, 0.15) is 40.5 Å². The first-order valence-corrected chi connectivity index (χ1v) is 6.43. The summed E-state index contributed by atoms with van der Waals surface area (Å²) in [5.74, 6) is 0.897. The number of carbonyl (C=O) groups is 1. The molecule has 0 atom stereocenters. The van der Waals surface area contributed by atoms with E-state index in [1.165, 1.54) is 0 Å². The number of carbonyl (C=O) groups excluding carboxylic acids is 1. The van der Waals surface area contributed by atoms with Gasteiger partial charge in [-0.1, -0.05) is 27.7 Å². The molecule has 0 bridgehead atoms. The van der Waals surface area contributed by atoms with Crippen LogP contribution in [-0.2, 0) is 4.79 Å². The van der Waals surface area contributed by atoms with Gasteiger partial charge in [0.1, 0.15) is 0 Å². The van der Waals surface area contributed by atoms with E-state index in [1.807, 2.05) is 4.90 Å². The average Bonchev–Trinajstić information content (AvgIpc) is 2.42. The molecule has 0 saturated carbocycles. The number of nitrogens with one attached hydrogen (secondary N) is 1. The maximum absolute atomic E-state index is 12.4. The molecular weight excluding hydrogens is 200 g/mol. The lowest BCUT2D eigenvalue weighted by atomic mass is 9.82. The Kier molecular flexibility index (Phi) is 4.78. The van der Waals surface area contributed by atoms with E-state index in [9.17, 15) is 4.79 Å². The molecule has 1 fully saturated rings. The molecule has 1 aliphatic heterocycles. The van der Waals surface area contributed by atoms with Crippen molar-refractivity contribution in [2.24, 2.45) is 11.3 Å². The Morgan fingerprint density at radius 2 is 2.00 bits per heavy atom. The minimum absolute atomic E-state index is 0.210. The van der Waals surface area contributed by atoms with E-state index >= 15 is 0 Å². The second kappa shape index (κ2) is 5.67. The fraction of sp³-hybridized carbons (Fsp3) is 0.923. The van der Waals surface area contributed by atoms with Crippen LogP contribution in [0, 0.1) is 11.3 Å². The predicted molar refractivity (Wildman–Crippen MR) is 67.3 cm³/mol. The van der Waals surface area contributed by atoms with Crippen LogP contribution >= 0.6 is 0 Å². The van der Waals surface area contributed by atoms with Crippen molar-refractivity contribution in [1.29, 1.82) is 0 Å². The summed E-state index contributed by atoms with van der Waals surface area (Å²) in [6, 6.07) is 0. The summed E-state index contributed by atoms with van der Waals surface area (Å²) in [6.45, 7) is 12.3. The highest BCUT2D eigenvalue weighted by Crippen LogP contribution is 2.27. The molecule has 3 heteroatoms. The highest BCUT2D eigenvalue weighted by atomic mass is 16.2. The number of hydrogen-bond donors (Lipinski definition) is 1. The molecule has 1 rings (SSSR count). The van der Waals surface area contributed by atoms with Gasteiger partial charge in [-0.25, -0.2) is 0 Å². The standard InChI is InChI=1S/C13H26N2O/c1-11(2)10-13(3,4)12(16)15-8-5-6-14-7-9-15/h11,14H,5-10H2,1-4H3. The number of nitrogens with zero attached hydrogens (tertiary/aromatic N) is 1. The van der Waals surface area contributed by atoms with E-state index in [0.717, 1.165) is 39.0 Å². The van der Waals surface area contributed by atoms with Gasteiger partial charge in [0.05, 0.1) is 0 Å². The third kappa shape index (κ3) is 3.78. The summed E-state index contributed by atoms with van der Waals surface area (Å²) in [6.07, 6.45) is 2.04. The highest BCUT2D eigenvalue weighted by molar-refractivity contribution is 5.82. The van der Waals surface area contributed by atoms with Gasteiger partial charge < -0.3 is 10.2 Å². The Morgan fingerprint density at radius 1 is 1.31 bits per heavy atom. The molecule has 0 aromatic carbocycles. The van der Waals surface area contributed by atoms with E-state index in [-0.39, 0.29) is 5.41 Å². The zero-order chi connectivity index (χ0) is 12.2. The van der Waals surface area contributed by atoms with Crippen molar-refractivity contribution in [3.8, 4) is 0 Å². The average molecular weight is 226 g/mol. The second-order valence-electron chi connectivity index (χ2n) is 5.88. The number of amides is 1. The van der Waals surface area contributed by atoms with Crippen LogP contribution in [0.2, 0.25) is 0 Å². The van der Waals surface area contributed by atoms with Gasteiger partial charge in [0.15, 0.2) is 0 Å². The van der Waals surface area contributed by atoms with Gasteiger partial charge in [-0.3, -0.25) is 4.79 Å². The van der Waals surface area contributed by atoms with Crippen molar-refractivity contribution in [2.45, 2.75) is 40.5 Å². The van der Waals surface area contributed by atoms with E-state index in [4.69, 9.17) is 0 Å². The molecule has 1 saturated heterocycles. The lowest BCUT2D eigenvalue weighted by Crippen LogP contribution is -2.43. The highest BCUT2D eigenvalue weighted by Gasteiger charge is 2.32. The van der Waals surface area contributed by atoms with Gasteiger partial charge in [0, 0.05) is 25.0 Å². The van der Waals surface area contributed by atoms with E-state index in [0.29, 0.717) is 11.8 Å². The Hall–Kier alpha value is -0.570. The van der Waals surface area contributed by atoms with Crippen LogP contribution < -0.4 is 5.32 Å². The van der Waals surface area contributed by atoms with Crippen LogP contribution in [0.4, 0.5) is 0 Å². The zero-order valence-electron chi connectivity index (χ0n) is 11.2. The lowest BCUT2D eigenvalue weighted by molar-refractivity contribution is -0.141. The van der Waals surface area contributed by atoms with Gasteiger partial charge in [0.25, 0.3) is 0 Å². The molecule has 0 aromatic rings. The fourth-order valence-corrected chi connectivity index (χ4v) is 2.58. The summed E-state index contributed by atoms with van der Waals surface area (Å²) >= 11 is 0. The van der Waals surface area contributed by atoms with Crippen LogP contribution in [0.25, 0.3) is 0 Å². The summed E-state index contributed by atoms with van der Waals surface area (Å²) in [5, 5.41) is 3.33.